The maximum Gasteiger partial charge on any atom is 0.190 e. The topological polar surface area (TPSA) is 48.9 Å². The summed E-state index contributed by atoms with van der Waals surface area (Å²) in [5.41, 5.74) is 0. The molecule has 1 saturated heterocycles. The Morgan fingerprint density at radius 1 is 1.35 bits per heavy atom. The van der Waals surface area contributed by atoms with Crippen LogP contribution in [0.5, 0.6) is 0 Å². The Balaban J connectivity index is 0.00000338. The lowest BCUT2D eigenvalue weighted by molar-refractivity contribution is -0.0679. The standard InChI is InChI=1S/C19H34N4OS.HI/c1-15(11-18-7-5-10-25-18)12-22-19(20-4)21-8-6-9-23-13-16(2)24-17(3)14-23;/h5,7,10,15-17H,6,8-9,11-14H2,1-4H3,(H2,20,21,22);1H. The summed E-state index contributed by atoms with van der Waals surface area (Å²) in [6.45, 7) is 11.7. The van der Waals surface area contributed by atoms with E-state index in [0.29, 0.717) is 18.1 Å². The number of thiophene rings is 1. The van der Waals surface area contributed by atoms with Crippen LogP contribution in [-0.4, -0.2) is 62.8 Å². The first kappa shape index (κ1) is 23.7. The van der Waals surface area contributed by atoms with Crippen molar-refractivity contribution in [3.63, 3.8) is 0 Å². The van der Waals surface area contributed by atoms with Gasteiger partial charge in [0.2, 0.25) is 0 Å². The van der Waals surface area contributed by atoms with Gasteiger partial charge in [0.1, 0.15) is 0 Å². The number of morpholine rings is 1. The van der Waals surface area contributed by atoms with Gasteiger partial charge in [0.05, 0.1) is 12.2 Å². The number of nitrogens with one attached hydrogen (secondary N) is 2. The summed E-state index contributed by atoms with van der Waals surface area (Å²) >= 11 is 1.83. The molecule has 3 unspecified atom stereocenters. The zero-order chi connectivity index (χ0) is 18.1. The van der Waals surface area contributed by atoms with Gasteiger partial charge >= 0.3 is 0 Å². The van der Waals surface area contributed by atoms with Gasteiger partial charge in [-0.2, -0.15) is 0 Å². The first-order chi connectivity index (χ1) is 12.1. The van der Waals surface area contributed by atoms with Crippen molar-refractivity contribution in [1.29, 1.82) is 0 Å². The van der Waals surface area contributed by atoms with Gasteiger partial charge in [-0.25, -0.2) is 0 Å². The van der Waals surface area contributed by atoms with E-state index in [1.807, 2.05) is 18.4 Å². The van der Waals surface area contributed by atoms with Crippen LogP contribution in [0.3, 0.4) is 0 Å². The fourth-order valence-corrected chi connectivity index (χ4v) is 4.18. The monoisotopic (exact) mass is 494 g/mol. The van der Waals surface area contributed by atoms with Gasteiger partial charge < -0.3 is 15.4 Å². The van der Waals surface area contributed by atoms with Crippen LogP contribution in [0.15, 0.2) is 22.5 Å². The number of rotatable bonds is 8. The van der Waals surface area contributed by atoms with E-state index in [1.165, 1.54) is 4.88 Å². The van der Waals surface area contributed by atoms with Crippen molar-refractivity contribution >= 4 is 41.3 Å². The lowest BCUT2D eigenvalue weighted by Crippen LogP contribution is -2.46. The Kier molecular flexibility index (Phi) is 11.7. The zero-order valence-corrected chi connectivity index (χ0v) is 19.7. The van der Waals surface area contributed by atoms with Crippen molar-refractivity contribution < 1.29 is 4.74 Å². The predicted octanol–water partition coefficient (Wildman–Crippen LogP) is 3.21. The molecule has 1 aromatic heterocycles. The maximum atomic E-state index is 5.78. The highest BCUT2D eigenvalue weighted by molar-refractivity contribution is 14.0. The molecule has 0 amide bonds. The highest BCUT2D eigenvalue weighted by Gasteiger charge is 2.21. The lowest BCUT2D eigenvalue weighted by Gasteiger charge is -2.35. The molecule has 1 aliphatic heterocycles. The van der Waals surface area contributed by atoms with E-state index in [0.717, 1.165) is 51.5 Å². The summed E-state index contributed by atoms with van der Waals surface area (Å²) in [7, 11) is 1.84. The second-order valence-electron chi connectivity index (χ2n) is 7.14. The summed E-state index contributed by atoms with van der Waals surface area (Å²) in [5.74, 6) is 1.50. The number of halogens is 1. The summed E-state index contributed by atoms with van der Waals surface area (Å²) in [4.78, 5) is 8.28. The third kappa shape index (κ3) is 9.01. The molecule has 0 aromatic carbocycles. The molecule has 0 bridgehead atoms. The van der Waals surface area contributed by atoms with Gasteiger partial charge in [-0.05, 0) is 44.1 Å². The van der Waals surface area contributed by atoms with Crippen LogP contribution in [-0.2, 0) is 11.2 Å². The molecular weight excluding hydrogens is 459 g/mol. The second kappa shape index (κ2) is 12.9. The van der Waals surface area contributed by atoms with Crippen LogP contribution in [0.4, 0.5) is 0 Å². The highest BCUT2D eigenvalue weighted by Crippen LogP contribution is 2.13. The van der Waals surface area contributed by atoms with Gasteiger partial charge in [0.15, 0.2) is 5.96 Å². The second-order valence-corrected chi connectivity index (χ2v) is 8.17. The average Bonchev–Trinajstić information content (AvgIpc) is 3.06. The fraction of sp³-hybridized carbons (Fsp3) is 0.737. The third-order valence-electron chi connectivity index (χ3n) is 4.41. The van der Waals surface area contributed by atoms with Gasteiger partial charge in [0.25, 0.3) is 0 Å². The number of aliphatic imine (C=N–C) groups is 1. The number of guanidine groups is 1. The van der Waals surface area contributed by atoms with Crippen LogP contribution in [0.1, 0.15) is 32.1 Å². The Hall–Kier alpha value is -0.380. The Morgan fingerprint density at radius 2 is 2.08 bits per heavy atom. The molecule has 26 heavy (non-hydrogen) atoms. The van der Waals surface area contributed by atoms with Crippen molar-refractivity contribution in [1.82, 2.24) is 15.5 Å². The number of hydrogen-bond acceptors (Lipinski definition) is 4. The average molecular weight is 494 g/mol. The molecule has 150 valence electrons. The molecule has 1 aliphatic rings. The Bertz CT molecular complexity index is 502. The van der Waals surface area contributed by atoms with Gasteiger partial charge in [-0.3, -0.25) is 9.89 Å². The molecule has 3 atom stereocenters. The van der Waals surface area contributed by atoms with Crippen LogP contribution >= 0.6 is 35.3 Å². The van der Waals surface area contributed by atoms with E-state index in [1.54, 1.807) is 0 Å². The molecule has 1 fully saturated rings. The SMILES string of the molecule is CN=C(NCCCN1CC(C)OC(C)C1)NCC(C)Cc1cccs1.I. The van der Waals surface area contributed by atoms with Crippen molar-refractivity contribution in [2.24, 2.45) is 10.9 Å². The molecule has 2 heterocycles. The number of nitrogens with zero attached hydrogens (tertiary/aromatic N) is 2. The van der Waals surface area contributed by atoms with Crippen molar-refractivity contribution in [2.45, 2.75) is 45.8 Å². The molecule has 2 N–H and O–H groups in total. The molecule has 2 rings (SSSR count). The zero-order valence-electron chi connectivity index (χ0n) is 16.5. The first-order valence-corrected chi connectivity index (χ1v) is 10.3. The largest absolute Gasteiger partial charge is 0.373 e. The minimum atomic E-state index is 0. The van der Waals surface area contributed by atoms with E-state index in [4.69, 9.17) is 4.74 Å². The van der Waals surface area contributed by atoms with Crippen molar-refractivity contribution in [3.05, 3.63) is 22.4 Å². The van der Waals surface area contributed by atoms with Crippen LogP contribution < -0.4 is 10.6 Å². The normalized spacial score (nSPS) is 22.5. The summed E-state index contributed by atoms with van der Waals surface area (Å²) in [6, 6.07) is 4.33. The highest BCUT2D eigenvalue weighted by atomic mass is 127. The van der Waals surface area contributed by atoms with E-state index in [9.17, 15) is 0 Å². The van der Waals surface area contributed by atoms with Crippen molar-refractivity contribution in [2.75, 3.05) is 39.8 Å². The first-order valence-electron chi connectivity index (χ1n) is 9.41. The number of ether oxygens (including phenoxy) is 1. The van der Waals surface area contributed by atoms with Crippen molar-refractivity contribution in [3.8, 4) is 0 Å². The maximum absolute atomic E-state index is 5.78. The minimum Gasteiger partial charge on any atom is -0.373 e. The molecule has 1 aromatic rings. The van der Waals surface area contributed by atoms with Crippen LogP contribution in [0.25, 0.3) is 0 Å². The van der Waals surface area contributed by atoms with Gasteiger partial charge in [-0.15, -0.1) is 35.3 Å². The fourth-order valence-electron chi connectivity index (χ4n) is 3.31. The molecule has 0 saturated carbocycles. The van der Waals surface area contributed by atoms with E-state index < -0.39 is 0 Å². The third-order valence-corrected chi connectivity index (χ3v) is 5.31. The molecular formula is C19H35IN4OS. The molecule has 0 aliphatic carbocycles. The smallest absolute Gasteiger partial charge is 0.190 e. The number of hydrogen-bond donors (Lipinski definition) is 2. The molecule has 7 heteroatoms. The van der Waals surface area contributed by atoms with E-state index in [-0.39, 0.29) is 24.0 Å². The van der Waals surface area contributed by atoms with Gasteiger partial charge in [0, 0.05) is 44.6 Å². The lowest BCUT2D eigenvalue weighted by atomic mass is 10.1. The molecule has 5 nitrogen and oxygen atoms in total. The molecule has 0 radical (unpaired) electrons. The Labute approximate surface area is 180 Å². The summed E-state index contributed by atoms with van der Waals surface area (Å²) in [5, 5.41) is 9.02. The van der Waals surface area contributed by atoms with Crippen LogP contribution in [0, 0.1) is 5.92 Å². The Morgan fingerprint density at radius 3 is 2.69 bits per heavy atom. The van der Waals surface area contributed by atoms with E-state index >= 15 is 0 Å². The quantitative estimate of drug-likeness (QED) is 0.252. The predicted molar refractivity (Wildman–Crippen MR) is 123 cm³/mol. The molecule has 0 spiro atoms. The van der Waals surface area contributed by atoms with Gasteiger partial charge in [-0.1, -0.05) is 13.0 Å². The minimum absolute atomic E-state index is 0. The summed E-state index contributed by atoms with van der Waals surface area (Å²) < 4.78 is 5.78. The van der Waals surface area contributed by atoms with Crippen LogP contribution in [0.2, 0.25) is 0 Å². The van der Waals surface area contributed by atoms with E-state index in [2.05, 4.69) is 58.8 Å². The summed E-state index contributed by atoms with van der Waals surface area (Å²) in [6.07, 6.45) is 2.92.